The zero-order valence-electron chi connectivity index (χ0n) is 12.0. The zero-order valence-corrected chi connectivity index (χ0v) is 12.0. The zero-order chi connectivity index (χ0) is 15.4. The Kier molecular flexibility index (Phi) is 4.85. The molecule has 0 saturated carbocycles. The van der Waals surface area contributed by atoms with Gasteiger partial charge in [-0.2, -0.15) is 0 Å². The Balaban J connectivity index is 1.88. The normalized spacial score (nSPS) is 11.1. The van der Waals surface area contributed by atoms with E-state index >= 15 is 0 Å². The molecule has 0 atom stereocenters. The number of furan rings is 1. The van der Waals surface area contributed by atoms with Crippen molar-refractivity contribution in [2.45, 2.75) is 19.9 Å². The number of benzene rings is 1. The fourth-order valence-electron chi connectivity index (χ4n) is 2.07. The molecule has 0 bridgehead atoms. The molecule has 21 heavy (non-hydrogen) atoms. The summed E-state index contributed by atoms with van der Waals surface area (Å²) in [4.78, 5) is 13.8. The molecular formula is C16H17F2NO2. The minimum absolute atomic E-state index is 0.0646. The van der Waals surface area contributed by atoms with Crippen molar-refractivity contribution in [2.24, 2.45) is 0 Å². The second kappa shape index (κ2) is 6.63. The van der Waals surface area contributed by atoms with Gasteiger partial charge in [0.25, 0.3) is 0 Å². The standard InChI is InChI=1S/C16H17F2NO2/c1-11-3-4-15(21-11)10-19(2)6-5-16(20)12-7-13(17)9-14(18)8-12/h3-4,7-9H,5-6,10H2,1-2H3. The van der Waals surface area contributed by atoms with Crippen LogP contribution in [-0.2, 0) is 6.54 Å². The number of rotatable bonds is 6. The molecule has 112 valence electrons. The molecule has 2 aromatic rings. The summed E-state index contributed by atoms with van der Waals surface area (Å²) in [7, 11) is 1.86. The summed E-state index contributed by atoms with van der Waals surface area (Å²) in [5.74, 6) is -0.102. The summed E-state index contributed by atoms with van der Waals surface area (Å²) >= 11 is 0. The molecule has 0 aliphatic heterocycles. The Hall–Kier alpha value is -2.01. The number of carbonyl (C=O) groups excluding carboxylic acids is 1. The molecule has 0 saturated heterocycles. The summed E-state index contributed by atoms with van der Waals surface area (Å²) in [6.07, 6.45) is 0.194. The van der Waals surface area contributed by atoms with E-state index in [1.54, 1.807) is 0 Å². The highest BCUT2D eigenvalue weighted by molar-refractivity contribution is 5.96. The number of hydrogen-bond acceptors (Lipinski definition) is 3. The lowest BCUT2D eigenvalue weighted by molar-refractivity contribution is 0.0965. The maximum Gasteiger partial charge on any atom is 0.164 e. The van der Waals surface area contributed by atoms with Crippen molar-refractivity contribution in [2.75, 3.05) is 13.6 Å². The molecule has 1 heterocycles. The molecule has 1 aromatic carbocycles. The highest BCUT2D eigenvalue weighted by atomic mass is 19.1. The van der Waals surface area contributed by atoms with E-state index in [2.05, 4.69) is 0 Å². The summed E-state index contributed by atoms with van der Waals surface area (Å²) in [5.41, 5.74) is 0.0646. The first kappa shape index (κ1) is 15.4. The number of Topliss-reactive ketones (excluding diaryl/α,β-unsaturated/α-hetero) is 1. The predicted octanol–water partition coefficient (Wildman–Crippen LogP) is 3.57. The third kappa shape index (κ3) is 4.49. The Bertz CT molecular complexity index is 617. The SMILES string of the molecule is Cc1ccc(CN(C)CCC(=O)c2cc(F)cc(F)c2)o1. The van der Waals surface area contributed by atoms with E-state index in [-0.39, 0.29) is 17.8 Å². The number of nitrogens with zero attached hydrogens (tertiary/aromatic N) is 1. The van der Waals surface area contributed by atoms with E-state index in [0.717, 1.165) is 29.7 Å². The monoisotopic (exact) mass is 293 g/mol. The van der Waals surface area contributed by atoms with Crippen LogP contribution in [0.5, 0.6) is 0 Å². The van der Waals surface area contributed by atoms with Crippen LogP contribution in [0.25, 0.3) is 0 Å². The van der Waals surface area contributed by atoms with E-state index in [4.69, 9.17) is 4.42 Å². The van der Waals surface area contributed by atoms with Crippen molar-refractivity contribution in [3.63, 3.8) is 0 Å². The molecule has 5 heteroatoms. The van der Waals surface area contributed by atoms with Gasteiger partial charge in [0.1, 0.15) is 23.2 Å². The topological polar surface area (TPSA) is 33.5 Å². The number of aryl methyl sites for hydroxylation is 1. The maximum absolute atomic E-state index is 13.1. The fourth-order valence-corrected chi connectivity index (χ4v) is 2.07. The Morgan fingerprint density at radius 3 is 2.43 bits per heavy atom. The van der Waals surface area contributed by atoms with Gasteiger partial charge in [0.05, 0.1) is 6.54 Å². The van der Waals surface area contributed by atoms with Crippen molar-refractivity contribution in [3.8, 4) is 0 Å². The molecule has 0 unspecified atom stereocenters. The van der Waals surface area contributed by atoms with Gasteiger partial charge < -0.3 is 4.42 Å². The summed E-state index contributed by atoms with van der Waals surface area (Å²) in [6.45, 7) is 2.93. The van der Waals surface area contributed by atoms with Crippen LogP contribution in [0.2, 0.25) is 0 Å². The Labute approximate surface area is 122 Å². The van der Waals surface area contributed by atoms with Crippen molar-refractivity contribution < 1.29 is 18.0 Å². The first-order valence-electron chi connectivity index (χ1n) is 6.67. The van der Waals surface area contributed by atoms with Crippen LogP contribution in [0.15, 0.2) is 34.7 Å². The lowest BCUT2D eigenvalue weighted by Gasteiger charge is -2.14. The van der Waals surface area contributed by atoms with Gasteiger partial charge in [-0.25, -0.2) is 8.78 Å². The third-order valence-electron chi connectivity index (χ3n) is 3.13. The predicted molar refractivity (Wildman–Crippen MR) is 75.1 cm³/mol. The van der Waals surface area contributed by atoms with Crippen molar-refractivity contribution >= 4 is 5.78 Å². The van der Waals surface area contributed by atoms with Gasteiger partial charge in [-0.1, -0.05) is 0 Å². The number of ketones is 1. The third-order valence-corrected chi connectivity index (χ3v) is 3.13. The lowest BCUT2D eigenvalue weighted by Crippen LogP contribution is -2.21. The van der Waals surface area contributed by atoms with E-state index in [0.29, 0.717) is 13.1 Å². The molecule has 0 N–H and O–H groups in total. The largest absolute Gasteiger partial charge is 0.465 e. The minimum Gasteiger partial charge on any atom is -0.465 e. The quantitative estimate of drug-likeness (QED) is 0.763. The Morgan fingerprint density at radius 1 is 1.19 bits per heavy atom. The highest BCUT2D eigenvalue weighted by Gasteiger charge is 2.11. The molecule has 1 aromatic heterocycles. The van der Waals surface area contributed by atoms with Crippen LogP contribution in [0, 0.1) is 18.6 Å². The number of hydrogen-bond donors (Lipinski definition) is 0. The molecule has 2 rings (SSSR count). The molecule has 0 aliphatic carbocycles. The minimum atomic E-state index is -0.738. The molecule has 0 aliphatic rings. The maximum atomic E-state index is 13.1. The fraction of sp³-hybridized carbons (Fsp3) is 0.312. The molecule has 0 amide bonds. The van der Waals surface area contributed by atoms with Gasteiger partial charge in [0.15, 0.2) is 5.78 Å². The Morgan fingerprint density at radius 2 is 1.86 bits per heavy atom. The summed E-state index contributed by atoms with van der Waals surface area (Å²) in [6, 6.07) is 6.63. The molecule has 0 fully saturated rings. The average molecular weight is 293 g/mol. The van der Waals surface area contributed by atoms with E-state index in [1.807, 2.05) is 31.0 Å². The molecule has 3 nitrogen and oxygen atoms in total. The van der Waals surface area contributed by atoms with Crippen molar-refractivity contribution in [1.82, 2.24) is 4.90 Å². The van der Waals surface area contributed by atoms with Crippen LogP contribution < -0.4 is 0 Å². The average Bonchev–Trinajstić information content (AvgIpc) is 2.80. The van der Waals surface area contributed by atoms with Crippen LogP contribution >= 0.6 is 0 Å². The first-order valence-corrected chi connectivity index (χ1v) is 6.67. The smallest absolute Gasteiger partial charge is 0.164 e. The van der Waals surface area contributed by atoms with Gasteiger partial charge >= 0.3 is 0 Å². The van der Waals surface area contributed by atoms with Crippen LogP contribution in [0.1, 0.15) is 28.3 Å². The summed E-state index contributed by atoms with van der Waals surface area (Å²) in [5, 5.41) is 0. The van der Waals surface area contributed by atoms with Gasteiger partial charge in [-0.15, -0.1) is 0 Å². The van der Waals surface area contributed by atoms with E-state index in [9.17, 15) is 13.6 Å². The van der Waals surface area contributed by atoms with Gasteiger partial charge in [0, 0.05) is 24.6 Å². The highest BCUT2D eigenvalue weighted by Crippen LogP contribution is 2.12. The molecular weight excluding hydrogens is 276 g/mol. The van der Waals surface area contributed by atoms with Gasteiger partial charge in [0.2, 0.25) is 0 Å². The second-order valence-corrected chi connectivity index (χ2v) is 5.08. The van der Waals surface area contributed by atoms with Crippen LogP contribution in [0.3, 0.4) is 0 Å². The van der Waals surface area contributed by atoms with Crippen LogP contribution in [-0.4, -0.2) is 24.3 Å². The summed E-state index contributed by atoms with van der Waals surface area (Å²) < 4.78 is 31.6. The number of halogens is 2. The molecule has 0 spiro atoms. The van der Waals surface area contributed by atoms with Crippen molar-refractivity contribution in [1.29, 1.82) is 0 Å². The van der Waals surface area contributed by atoms with Gasteiger partial charge in [-0.3, -0.25) is 9.69 Å². The van der Waals surface area contributed by atoms with Crippen LogP contribution in [0.4, 0.5) is 8.78 Å². The van der Waals surface area contributed by atoms with E-state index in [1.165, 1.54) is 0 Å². The van der Waals surface area contributed by atoms with Gasteiger partial charge in [-0.05, 0) is 38.2 Å². The molecule has 0 radical (unpaired) electrons. The van der Waals surface area contributed by atoms with E-state index < -0.39 is 11.6 Å². The second-order valence-electron chi connectivity index (χ2n) is 5.08. The first-order chi connectivity index (χ1) is 9.94. The number of carbonyl (C=O) groups is 1. The lowest BCUT2D eigenvalue weighted by atomic mass is 10.1. The van der Waals surface area contributed by atoms with Crippen molar-refractivity contribution in [3.05, 3.63) is 59.1 Å².